The second-order valence-corrected chi connectivity index (χ2v) is 9.55. The number of benzene rings is 3. The molecule has 178 valence electrons. The fourth-order valence-corrected chi connectivity index (χ4v) is 4.88. The summed E-state index contributed by atoms with van der Waals surface area (Å²) in [5, 5.41) is 0. The molecule has 0 bridgehead atoms. The standard InChI is InChI=1S/C28H25NO4S2/c1-2-17-32-27(31)25(22-11-7-4-8-12-22)29-26(30)24(35-28(29)34)18-20-13-15-23(16-14-20)33-19-21-9-5-3-6-10-21/h3-16,18,25H,2,17,19H2,1H3/b24-18-. The summed E-state index contributed by atoms with van der Waals surface area (Å²) < 4.78 is 11.6. The topological polar surface area (TPSA) is 55.8 Å². The highest BCUT2D eigenvalue weighted by molar-refractivity contribution is 8.26. The molecule has 0 aromatic heterocycles. The number of hydrogen-bond acceptors (Lipinski definition) is 6. The Kier molecular flexibility index (Phi) is 8.34. The predicted octanol–water partition coefficient (Wildman–Crippen LogP) is 6.16. The van der Waals surface area contributed by atoms with Crippen molar-refractivity contribution >= 4 is 46.3 Å². The van der Waals surface area contributed by atoms with E-state index in [1.807, 2.05) is 79.7 Å². The first-order chi connectivity index (χ1) is 17.1. The summed E-state index contributed by atoms with van der Waals surface area (Å²) in [4.78, 5) is 28.1. The van der Waals surface area contributed by atoms with E-state index in [2.05, 4.69) is 0 Å². The molecule has 1 saturated heterocycles. The van der Waals surface area contributed by atoms with Gasteiger partial charge in [0.25, 0.3) is 5.91 Å². The Bertz CT molecular complexity index is 1210. The van der Waals surface area contributed by atoms with Crippen LogP contribution in [0.1, 0.15) is 36.1 Å². The predicted molar refractivity (Wildman–Crippen MR) is 143 cm³/mol. The molecule has 1 atom stereocenters. The maximum absolute atomic E-state index is 13.4. The van der Waals surface area contributed by atoms with Crippen LogP contribution in [0.4, 0.5) is 0 Å². The van der Waals surface area contributed by atoms with Crippen LogP contribution in [0.15, 0.2) is 89.8 Å². The zero-order chi connectivity index (χ0) is 24.6. The van der Waals surface area contributed by atoms with Gasteiger partial charge in [0.1, 0.15) is 16.7 Å². The van der Waals surface area contributed by atoms with Gasteiger partial charge in [0.15, 0.2) is 6.04 Å². The number of carbonyl (C=O) groups excluding carboxylic acids is 2. The first-order valence-electron chi connectivity index (χ1n) is 11.3. The highest BCUT2D eigenvalue weighted by Crippen LogP contribution is 2.39. The molecule has 1 fully saturated rings. The van der Waals surface area contributed by atoms with Gasteiger partial charge in [-0.25, -0.2) is 4.79 Å². The van der Waals surface area contributed by atoms with Crippen LogP contribution in [-0.4, -0.2) is 27.7 Å². The molecule has 35 heavy (non-hydrogen) atoms. The lowest BCUT2D eigenvalue weighted by Crippen LogP contribution is -2.38. The summed E-state index contributed by atoms with van der Waals surface area (Å²) in [6.07, 6.45) is 2.47. The molecule has 1 aliphatic rings. The number of carbonyl (C=O) groups is 2. The van der Waals surface area contributed by atoms with Gasteiger partial charge in [-0.2, -0.15) is 0 Å². The van der Waals surface area contributed by atoms with Crippen molar-refractivity contribution in [2.24, 2.45) is 0 Å². The molecule has 4 rings (SSSR count). The Morgan fingerprint density at radius 1 is 1.00 bits per heavy atom. The molecule has 0 aliphatic carbocycles. The first kappa shape index (κ1) is 24.7. The van der Waals surface area contributed by atoms with Gasteiger partial charge in [0, 0.05) is 0 Å². The second-order valence-electron chi connectivity index (χ2n) is 7.88. The average Bonchev–Trinajstić information content (AvgIpc) is 3.16. The van der Waals surface area contributed by atoms with Crippen molar-refractivity contribution in [2.75, 3.05) is 6.61 Å². The zero-order valence-electron chi connectivity index (χ0n) is 19.3. The van der Waals surface area contributed by atoms with Gasteiger partial charge in [-0.05, 0) is 41.3 Å². The third kappa shape index (κ3) is 6.18. The highest BCUT2D eigenvalue weighted by atomic mass is 32.2. The molecular formula is C28H25NO4S2. The molecule has 1 heterocycles. The van der Waals surface area contributed by atoms with Crippen LogP contribution in [0.25, 0.3) is 6.08 Å². The molecule has 1 amide bonds. The minimum absolute atomic E-state index is 0.283. The maximum atomic E-state index is 13.4. The van der Waals surface area contributed by atoms with Gasteiger partial charge in [-0.3, -0.25) is 9.69 Å². The SMILES string of the molecule is CCCOC(=O)C(c1ccccc1)N1C(=O)/C(=C/c2ccc(OCc3ccccc3)cc2)SC1=S. The molecule has 3 aromatic rings. The summed E-state index contributed by atoms with van der Waals surface area (Å²) in [6, 6.07) is 25.6. The minimum atomic E-state index is -0.921. The van der Waals surface area contributed by atoms with E-state index in [4.69, 9.17) is 21.7 Å². The third-order valence-corrected chi connectivity index (χ3v) is 6.63. The number of thiocarbonyl (C=S) groups is 1. The lowest BCUT2D eigenvalue weighted by atomic mass is 10.1. The Morgan fingerprint density at radius 3 is 2.31 bits per heavy atom. The van der Waals surface area contributed by atoms with Crippen molar-refractivity contribution in [3.8, 4) is 5.75 Å². The van der Waals surface area contributed by atoms with Crippen molar-refractivity contribution in [2.45, 2.75) is 26.0 Å². The van der Waals surface area contributed by atoms with Crippen molar-refractivity contribution in [1.82, 2.24) is 4.90 Å². The van der Waals surface area contributed by atoms with E-state index in [-0.39, 0.29) is 12.5 Å². The first-order valence-corrected chi connectivity index (χ1v) is 12.5. The summed E-state index contributed by atoms with van der Waals surface area (Å²) in [5.41, 5.74) is 2.58. The molecule has 0 saturated carbocycles. The fraction of sp³-hybridized carbons (Fsp3) is 0.179. The number of ether oxygens (including phenoxy) is 2. The van der Waals surface area contributed by atoms with Crippen LogP contribution in [0, 0.1) is 0 Å². The van der Waals surface area contributed by atoms with Crippen molar-refractivity contribution in [1.29, 1.82) is 0 Å². The van der Waals surface area contributed by atoms with Gasteiger partial charge in [-0.15, -0.1) is 0 Å². The monoisotopic (exact) mass is 503 g/mol. The van der Waals surface area contributed by atoms with Crippen LogP contribution in [0.2, 0.25) is 0 Å². The van der Waals surface area contributed by atoms with Gasteiger partial charge >= 0.3 is 5.97 Å². The lowest BCUT2D eigenvalue weighted by molar-refractivity contribution is -0.151. The quantitative estimate of drug-likeness (QED) is 0.198. The van der Waals surface area contributed by atoms with Gasteiger partial charge < -0.3 is 9.47 Å². The Hall–Kier alpha value is -3.42. The van der Waals surface area contributed by atoms with Crippen LogP contribution in [-0.2, 0) is 20.9 Å². The number of nitrogens with zero attached hydrogens (tertiary/aromatic N) is 1. The van der Waals surface area contributed by atoms with Crippen LogP contribution < -0.4 is 4.74 Å². The molecule has 0 spiro atoms. The Morgan fingerprint density at radius 2 is 1.66 bits per heavy atom. The van der Waals surface area contributed by atoms with Crippen molar-refractivity contribution in [3.05, 3.63) is 107 Å². The molecule has 0 N–H and O–H groups in total. The Labute approximate surface area is 214 Å². The number of esters is 1. The van der Waals surface area contributed by atoms with Gasteiger partial charge in [-0.1, -0.05) is 104 Å². The molecule has 7 heteroatoms. The summed E-state index contributed by atoms with van der Waals surface area (Å²) >= 11 is 6.70. The largest absolute Gasteiger partial charge is 0.489 e. The molecule has 5 nitrogen and oxygen atoms in total. The van der Waals surface area contributed by atoms with E-state index in [0.29, 0.717) is 27.8 Å². The average molecular weight is 504 g/mol. The normalized spacial score (nSPS) is 15.3. The van der Waals surface area contributed by atoms with Gasteiger partial charge in [0.2, 0.25) is 0 Å². The summed E-state index contributed by atoms with van der Waals surface area (Å²) in [6.45, 7) is 2.68. The summed E-state index contributed by atoms with van der Waals surface area (Å²) in [7, 11) is 0. The minimum Gasteiger partial charge on any atom is -0.489 e. The van der Waals surface area contributed by atoms with E-state index in [9.17, 15) is 9.59 Å². The Balaban J connectivity index is 1.50. The number of rotatable bonds is 9. The van der Waals surface area contributed by atoms with Crippen LogP contribution in [0.5, 0.6) is 5.75 Å². The molecule has 3 aromatic carbocycles. The fourth-order valence-electron chi connectivity index (χ4n) is 3.56. The molecule has 0 radical (unpaired) electrons. The van der Waals surface area contributed by atoms with E-state index in [1.165, 1.54) is 16.7 Å². The summed E-state index contributed by atoms with van der Waals surface area (Å²) in [5.74, 6) is -0.0661. The van der Waals surface area contributed by atoms with Gasteiger partial charge in [0.05, 0.1) is 11.5 Å². The number of amides is 1. The number of hydrogen-bond donors (Lipinski definition) is 0. The maximum Gasteiger partial charge on any atom is 0.333 e. The molecule has 1 unspecified atom stereocenters. The van der Waals surface area contributed by atoms with Crippen molar-refractivity contribution in [3.63, 3.8) is 0 Å². The van der Waals surface area contributed by atoms with E-state index in [1.54, 1.807) is 18.2 Å². The third-order valence-electron chi connectivity index (χ3n) is 5.29. The second kappa shape index (κ2) is 11.8. The van der Waals surface area contributed by atoms with E-state index in [0.717, 1.165) is 16.9 Å². The van der Waals surface area contributed by atoms with E-state index >= 15 is 0 Å². The molecule has 1 aliphatic heterocycles. The van der Waals surface area contributed by atoms with E-state index < -0.39 is 12.0 Å². The zero-order valence-corrected chi connectivity index (χ0v) is 20.9. The van der Waals surface area contributed by atoms with Crippen LogP contribution in [0.3, 0.4) is 0 Å². The number of thioether (sulfide) groups is 1. The smallest absolute Gasteiger partial charge is 0.333 e. The van der Waals surface area contributed by atoms with Crippen LogP contribution >= 0.6 is 24.0 Å². The molecular weight excluding hydrogens is 478 g/mol. The van der Waals surface area contributed by atoms with Crippen molar-refractivity contribution < 1.29 is 19.1 Å². The highest BCUT2D eigenvalue weighted by Gasteiger charge is 2.42. The lowest BCUT2D eigenvalue weighted by Gasteiger charge is -2.25.